The highest BCUT2D eigenvalue weighted by molar-refractivity contribution is 7.89. The molecule has 1 aliphatic rings. The SMILES string of the molecule is O=C(Nc1cc(F)c(F)c(F)c1)c1cc(S(=O)(=O)NC2CCCCC2)ccc1Cl.[HH]. The molecule has 5 nitrogen and oxygen atoms in total. The summed E-state index contributed by atoms with van der Waals surface area (Å²) in [5.74, 6) is -5.50. The monoisotopic (exact) mass is 448 g/mol. The Morgan fingerprint density at radius 2 is 1.66 bits per heavy atom. The number of nitrogens with one attached hydrogen (secondary N) is 2. The normalized spacial score (nSPS) is 15.3. The van der Waals surface area contributed by atoms with Crippen molar-refractivity contribution >= 4 is 33.2 Å². The summed E-state index contributed by atoms with van der Waals surface area (Å²) in [4.78, 5) is 12.3. The van der Waals surface area contributed by atoms with Gasteiger partial charge >= 0.3 is 0 Å². The van der Waals surface area contributed by atoms with Gasteiger partial charge < -0.3 is 5.32 Å². The van der Waals surface area contributed by atoms with E-state index in [1.54, 1.807) is 0 Å². The highest BCUT2D eigenvalue weighted by Crippen LogP contribution is 2.25. The summed E-state index contributed by atoms with van der Waals surface area (Å²) >= 11 is 6.00. The lowest BCUT2D eigenvalue weighted by Crippen LogP contribution is -2.36. The summed E-state index contributed by atoms with van der Waals surface area (Å²) in [5.41, 5.74) is -0.542. The molecule has 1 fully saturated rings. The molecule has 0 unspecified atom stereocenters. The van der Waals surface area contributed by atoms with Crippen LogP contribution in [0.15, 0.2) is 35.2 Å². The third kappa shape index (κ3) is 5.09. The van der Waals surface area contributed by atoms with Crippen molar-refractivity contribution in [2.24, 2.45) is 0 Å². The second-order valence-corrected chi connectivity index (χ2v) is 8.93. The zero-order valence-corrected chi connectivity index (χ0v) is 16.7. The third-order valence-corrected chi connectivity index (χ3v) is 6.51. The van der Waals surface area contributed by atoms with E-state index in [0.717, 1.165) is 38.2 Å². The first-order valence-electron chi connectivity index (χ1n) is 8.95. The Kier molecular flexibility index (Phi) is 6.50. The zero-order chi connectivity index (χ0) is 21.2. The summed E-state index contributed by atoms with van der Waals surface area (Å²) in [6, 6.07) is 4.63. The molecule has 0 aromatic heterocycles. The maximum absolute atomic E-state index is 13.3. The Labute approximate surface area is 172 Å². The van der Waals surface area contributed by atoms with Crippen molar-refractivity contribution in [2.75, 3.05) is 5.32 Å². The predicted octanol–water partition coefficient (Wildman–Crippen LogP) is 4.87. The summed E-state index contributed by atoms with van der Waals surface area (Å²) in [5, 5.41) is 2.13. The Morgan fingerprint density at radius 1 is 1.03 bits per heavy atom. The van der Waals surface area contributed by atoms with Crippen LogP contribution in [-0.4, -0.2) is 20.4 Å². The van der Waals surface area contributed by atoms with Crippen LogP contribution in [0.25, 0.3) is 0 Å². The molecule has 0 spiro atoms. The first-order valence-corrected chi connectivity index (χ1v) is 10.8. The minimum atomic E-state index is -3.88. The molecule has 0 bridgehead atoms. The van der Waals surface area contributed by atoms with Gasteiger partial charge in [0.2, 0.25) is 10.0 Å². The number of hydrogen-bond donors (Lipinski definition) is 2. The maximum atomic E-state index is 13.3. The van der Waals surface area contributed by atoms with Gasteiger partial charge in [0.15, 0.2) is 17.5 Å². The lowest BCUT2D eigenvalue weighted by Gasteiger charge is -2.22. The highest BCUT2D eigenvalue weighted by Gasteiger charge is 2.24. The van der Waals surface area contributed by atoms with Gasteiger partial charge in [0.05, 0.1) is 15.5 Å². The molecule has 29 heavy (non-hydrogen) atoms. The number of sulfonamides is 1. The van der Waals surface area contributed by atoms with Gasteiger partial charge in [-0.1, -0.05) is 30.9 Å². The minimum absolute atomic E-state index is 0. The van der Waals surface area contributed by atoms with Crippen LogP contribution in [0.5, 0.6) is 0 Å². The van der Waals surface area contributed by atoms with E-state index in [4.69, 9.17) is 11.6 Å². The third-order valence-electron chi connectivity index (χ3n) is 4.66. The lowest BCUT2D eigenvalue weighted by atomic mass is 9.96. The molecule has 0 saturated heterocycles. The van der Waals surface area contributed by atoms with Crippen LogP contribution >= 0.6 is 11.6 Å². The van der Waals surface area contributed by atoms with E-state index in [0.29, 0.717) is 12.1 Å². The number of carbonyl (C=O) groups is 1. The van der Waals surface area contributed by atoms with Crippen LogP contribution in [-0.2, 0) is 10.0 Å². The first-order chi connectivity index (χ1) is 13.7. The Bertz CT molecular complexity index is 1020. The fourth-order valence-electron chi connectivity index (χ4n) is 3.18. The van der Waals surface area contributed by atoms with E-state index in [-0.39, 0.29) is 28.6 Å². The fourth-order valence-corrected chi connectivity index (χ4v) is 4.71. The van der Waals surface area contributed by atoms with E-state index in [1.165, 1.54) is 12.1 Å². The van der Waals surface area contributed by atoms with Crippen molar-refractivity contribution in [3.05, 3.63) is 58.4 Å². The fraction of sp³-hybridized carbons (Fsp3) is 0.316. The summed E-state index contributed by atoms with van der Waals surface area (Å²) in [6.45, 7) is 0. The van der Waals surface area contributed by atoms with Gasteiger partial charge in [-0.25, -0.2) is 26.3 Å². The largest absolute Gasteiger partial charge is 0.322 e. The standard InChI is InChI=1S/C19H18ClF3N2O3S.H2/c20-15-7-6-13(29(27,28)25-11-4-2-1-3-5-11)10-14(15)19(26)24-12-8-16(21)18(23)17(22)9-12;/h6-11,25H,1-5H2,(H,24,26);1H. The molecular formula is C19H20ClF3N2O3S. The van der Waals surface area contributed by atoms with Crippen LogP contribution < -0.4 is 10.0 Å². The summed E-state index contributed by atoms with van der Waals surface area (Å²) in [6.07, 6.45) is 4.41. The van der Waals surface area contributed by atoms with Crippen LogP contribution in [0.1, 0.15) is 43.9 Å². The topological polar surface area (TPSA) is 75.3 Å². The molecule has 2 aromatic rings. The first kappa shape index (κ1) is 21.6. The Balaban J connectivity index is 0.00000320. The maximum Gasteiger partial charge on any atom is 0.257 e. The van der Waals surface area contributed by atoms with E-state index in [9.17, 15) is 26.4 Å². The second kappa shape index (κ2) is 8.73. The molecule has 0 radical (unpaired) electrons. The molecule has 0 atom stereocenters. The zero-order valence-electron chi connectivity index (χ0n) is 15.1. The van der Waals surface area contributed by atoms with Crippen molar-refractivity contribution in [2.45, 2.75) is 43.0 Å². The molecule has 10 heteroatoms. The van der Waals surface area contributed by atoms with Gasteiger partial charge in [-0.15, -0.1) is 0 Å². The van der Waals surface area contributed by atoms with E-state index in [2.05, 4.69) is 10.0 Å². The molecule has 1 amide bonds. The number of rotatable bonds is 5. The second-order valence-electron chi connectivity index (χ2n) is 6.81. The Morgan fingerprint density at radius 3 is 2.28 bits per heavy atom. The molecule has 3 rings (SSSR count). The lowest BCUT2D eigenvalue weighted by molar-refractivity contribution is 0.102. The Hall–Kier alpha value is -2.10. The number of amides is 1. The molecule has 1 saturated carbocycles. The van der Waals surface area contributed by atoms with E-state index >= 15 is 0 Å². The number of anilines is 1. The van der Waals surface area contributed by atoms with Crippen LogP contribution in [0.2, 0.25) is 5.02 Å². The van der Waals surface area contributed by atoms with Gasteiger partial charge in [-0.3, -0.25) is 4.79 Å². The average Bonchev–Trinajstić information content (AvgIpc) is 2.66. The number of benzene rings is 2. The van der Waals surface area contributed by atoms with Gasteiger partial charge in [0.1, 0.15) is 0 Å². The van der Waals surface area contributed by atoms with Crippen molar-refractivity contribution in [1.29, 1.82) is 0 Å². The number of halogens is 4. The van der Waals surface area contributed by atoms with Gasteiger partial charge in [0, 0.05) is 25.3 Å². The van der Waals surface area contributed by atoms with Crippen LogP contribution in [0, 0.1) is 17.5 Å². The number of carbonyl (C=O) groups excluding carboxylic acids is 1. The predicted molar refractivity (Wildman–Crippen MR) is 105 cm³/mol. The molecule has 2 aromatic carbocycles. The van der Waals surface area contributed by atoms with Gasteiger partial charge in [-0.05, 0) is 31.0 Å². The molecule has 1 aliphatic carbocycles. The van der Waals surface area contributed by atoms with Crippen molar-refractivity contribution in [3.63, 3.8) is 0 Å². The van der Waals surface area contributed by atoms with E-state index in [1.807, 2.05) is 0 Å². The highest BCUT2D eigenvalue weighted by atomic mass is 35.5. The van der Waals surface area contributed by atoms with Crippen molar-refractivity contribution in [3.8, 4) is 0 Å². The van der Waals surface area contributed by atoms with Crippen molar-refractivity contribution in [1.82, 2.24) is 4.72 Å². The van der Waals surface area contributed by atoms with Crippen LogP contribution in [0.4, 0.5) is 18.9 Å². The summed E-state index contributed by atoms with van der Waals surface area (Å²) in [7, 11) is -3.88. The molecule has 0 aliphatic heterocycles. The minimum Gasteiger partial charge on any atom is -0.322 e. The molecule has 2 N–H and O–H groups in total. The number of hydrogen-bond acceptors (Lipinski definition) is 3. The molecule has 0 heterocycles. The van der Waals surface area contributed by atoms with E-state index < -0.39 is 33.4 Å². The molecular weight excluding hydrogens is 429 g/mol. The van der Waals surface area contributed by atoms with Crippen LogP contribution in [0.3, 0.4) is 0 Å². The quantitative estimate of drug-likeness (QED) is 0.641. The summed E-state index contributed by atoms with van der Waals surface area (Å²) < 4.78 is 67.6. The average molecular weight is 449 g/mol. The molecule has 158 valence electrons. The van der Waals surface area contributed by atoms with Gasteiger partial charge in [-0.2, -0.15) is 0 Å². The smallest absolute Gasteiger partial charge is 0.257 e. The van der Waals surface area contributed by atoms with Crippen molar-refractivity contribution < 1.29 is 27.8 Å². The van der Waals surface area contributed by atoms with Gasteiger partial charge in [0.25, 0.3) is 5.91 Å².